The van der Waals surface area contributed by atoms with Crippen molar-refractivity contribution in [3.63, 3.8) is 0 Å². The summed E-state index contributed by atoms with van der Waals surface area (Å²) in [7, 11) is -1.41. The van der Waals surface area contributed by atoms with E-state index in [4.69, 9.17) is 20.3 Å². The smallest absolute Gasteiger partial charge is 0.303 e. The van der Waals surface area contributed by atoms with Crippen LogP contribution >= 0.6 is 0 Å². The molecular weight excluding hydrogens is 394 g/mol. The van der Waals surface area contributed by atoms with Gasteiger partial charge in [-0.25, -0.2) is 0 Å². The predicted octanol–water partition coefficient (Wildman–Crippen LogP) is 1.68. The van der Waals surface area contributed by atoms with Crippen molar-refractivity contribution in [2.45, 2.75) is 107 Å². The molecule has 1 unspecified atom stereocenters. The molecule has 0 aromatic heterocycles. The van der Waals surface area contributed by atoms with E-state index < -0.39 is 51.3 Å². The van der Waals surface area contributed by atoms with Crippen molar-refractivity contribution in [2.75, 3.05) is 13.2 Å². The number of carboxylic acid groups (broad SMARTS) is 1. The van der Waals surface area contributed by atoms with E-state index in [1.165, 1.54) is 31.7 Å². The summed E-state index contributed by atoms with van der Waals surface area (Å²) in [4.78, 5) is 10.5. The molecule has 0 amide bonds. The summed E-state index contributed by atoms with van der Waals surface area (Å²) in [5.41, 5.74) is 5.89. The molecule has 1 fully saturated rings. The normalized spacial score (nSPS) is 27.9. The molecule has 0 bridgehead atoms. The minimum Gasteiger partial charge on any atom is -0.481 e. The highest BCUT2D eigenvalue weighted by Crippen LogP contribution is 2.24. The second-order valence-corrected chi connectivity index (χ2v) is 14.3. The van der Waals surface area contributed by atoms with E-state index in [1.54, 1.807) is 0 Å². The molecule has 8 nitrogen and oxygen atoms in total. The Balaban J connectivity index is 2.14. The number of aliphatic hydroxyl groups is 3. The number of ether oxygens (including phenoxy) is 2. The third-order valence-electron chi connectivity index (χ3n) is 5.73. The summed E-state index contributed by atoms with van der Waals surface area (Å²) in [6, 6.07) is 1.33. The van der Waals surface area contributed by atoms with Crippen LogP contribution in [0, 0.1) is 0 Å². The molecule has 0 aliphatic carbocycles. The van der Waals surface area contributed by atoms with E-state index in [0.29, 0.717) is 6.61 Å². The van der Waals surface area contributed by atoms with Crippen molar-refractivity contribution < 1.29 is 34.7 Å². The number of hydrogen-bond acceptors (Lipinski definition) is 7. The van der Waals surface area contributed by atoms with E-state index in [0.717, 1.165) is 25.3 Å². The molecule has 0 aromatic rings. The second kappa shape index (κ2) is 13.7. The van der Waals surface area contributed by atoms with Gasteiger partial charge < -0.3 is 35.6 Å². The highest BCUT2D eigenvalue weighted by Gasteiger charge is 2.43. The van der Waals surface area contributed by atoms with Gasteiger partial charge in [-0.3, -0.25) is 4.79 Å². The van der Waals surface area contributed by atoms with Crippen molar-refractivity contribution in [3.05, 3.63) is 0 Å². The van der Waals surface area contributed by atoms with Crippen molar-refractivity contribution in [1.82, 2.24) is 0 Å². The van der Waals surface area contributed by atoms with E-state index in [9.17, 15) is 20.1 Å². The van der Waals surface area contributed by atoms with Crippen LogP contribution in [0.15, 0.2) is 0 Å². The summed E-state index contributed by atoms with van der Waals surface area (Å²) in [6.07, 6.45) is 3.83. The van der Waals surface area contributed by atoms with Crippen LogP contribution < -0.4 is 5.73 Å². The lowest BCUT2D eigenvalue weighted by atomic mass is 9.98. The maximum Gasteiger partial charge on any atom is 0.303 e. The number of rotatable bonds is 15. The fourth-order valence-electron chi connectivity index (χ4n) is 3.59. The monoisotopic (exact) mass is 435 g/mol. The topological polar surface area (TPSA) is 142 Å². The van der Waals surface area contributed by atoms with Gasteiger partial charge in [-0.15, -0.1) is 0 Å². The zero-order valence-electron chi connectivity index (χ0n) is 18.0. The third kappa shape index (κ3) is 10.3. The SMILES string of the molecule is C[Si](C)(CCCCCCCCCC(=O)O)CCOC1O[C@H](CO)[C@H](O)[C@H](O)[C@H]1N. The molecule has 1 aliphatic heterocycles. The first-order chi connectivity index (χ1) is 13.7. The first-order valence-electron chi connectivity index (χ1n) is 10.9. The Hall–Kier alpha value is -0.553. The molecule has 0 aromatic carbocycles. The first-order valence-corrected chi connectivity index (χ1v) is 14.3. The van der Waals surface area contributed by atoms with Crippen molar-refractivity contribution in [3.8, 4) is 0 Å². The van der Waals surface area contributed by atoms with Gasteiger partial charge in [0.1, 0.15) is 18.3 Å². The first kappa shape index (κ1) is 26.5. The molecule has 29 heavy (non-hydrogen) atoms. The number of hydrogen-bond donors (Lipinski definition) is 5. The molecule has 0 radical (unpaired) electrons. The Kier molecular flexibility index (Phi) is 12.5. The highest BCUT2D eigenvalue weighted by molar-refractivity contribution is 6.77. The van der Waals surface area contributed by atoms with E-state index >= 15 is 0 Å². The Morgan fingerprint density at radius 3 is 2.17 bits per heavy atom. The molecular formula is C20H41NO7Si. The summed E-state index contributed by atoms with van der Waals surface area (Å²) < 4.78 is 11.2. The number of unbranched alkanes of at least 4 members (excludes halogenated alkanes) is 6. The van der Waals surface area contributed by atoms with E-state index in [2.05, 4.69) is 13.1 Å². The second-order valence-electron chi connectivity index (χ2n) is 8.94. The van der Waals surface area contributed by atoms with Crippen LogP contribution in [0.1, 0.15) is 51.4 Å². The minimum absolute atomic E-state index is 0.277. The minimum atomic E-state index is -1.41. The average molecular weight is 436 g/mol. The lowest BCUT2D eigenvalue weighted by Gasteiger charge is -2.40. The molecule has 172 valence electrons. The lowest BCUT2D eigenvalue weighted by Crippen LogP contribution is -2.62. The van der Waals surface area contributed by atoms with Crippen LogP contribution in [0.4, 0.5) is 0 Å². The Bertz CT molecular complexity index is 464. The van der Waals surface area contributed by atoms with Crippen molar-refractivity contribution >= 4 is 14.0 Å². The van der Waals surface area contributed by atoms with E-state index in [-0.39, 0.29) is 6.42 Å². The van der Waals surface area contributed by atoms with Crippen LogP contribution in [-0.4, -0.2) is 78.3 Å². The quantitative estimate of drug-likeness (QED) is 0.193. The standard InChI is InChI=1S/C20H41NO7Si/c1-29(2,12-9-7-5-3-4-6-8-10-16(23)24)13-11-27-20-17(21)19(26)18(25)15(14-22)28-20/h15,17-20,22,25-26H,3-14,21H2,1-2H3,(H,23,24)/t15-,17-,18+,19-,20?/m1/s1. The summed E-state index contributed by atoms with van der Waals surface area (Å²) in [6.45, 7) is 4.75. The molecule has 9 heteroatoms. The van der Waals surface area contributed by atoms with Crippen molar-refractivity contribution in [1.29, 1.82) is 0 Å². The van der Waals surface area contributed by atoms with Crippen molar-refractivity contribution in [2.24, 2.45) is 5.73 Å². The molecule has 1 aliphatic rings. The number of carbonyl (C=O) groups is 1. The summed E-state index contributed by atoms with van der Waals surface area (Å²) >= 11 is 0. The number of aliphatic hydroxyl groups excluding tert-OH is 3. The highest BCUT2D eigenvalue weighted by atomic mass is 28.3. The molecule has 6 N–H and O–H groups in total. The fourth-order valence-corrected chi connectivity index (χ4v) is 5.72. The van der Waals surface area contributed by atoms with Gasteiger partial charge >= 0.3 is 5.97 Å². The van der Waals surface area contributed by atoms with Gasteiger partial charge in [0.2, 0.25) is 0 Å². The van der Waals surface area contributed by atoms with Crippen LogP contribution in [0.2, 0.25) is 25.2 Å². The fraction of sp³-hybridized carbons (Fsp3) is 0.950. The number of nitrogens with two attached hydrogens (primary N) is 1. The van der Waals surface area contributed by atoms with Crippen LogP contribution in [-0.2, 0) is 14.3 Å². The van der Waals surface area contributed by atoms with Gasteiger partial charge in [0.25, 0.3) is 0 Å². The number of aliphatic carboxylic acids is 1. The van der Waals surface area contributed by atoms with Gasteiger partial charge in [-0.1, -0.05) is 57.7 Å². The van der Waals surface area contributed by atoms with Gasteiger partial charge in [-0.05, 0) is 12.5 Å². The van der Waals surface area contributed by atoms with Crippen LogP contribution in [0.25, 0.3) is 0 Å². The maximum absolute atomic E-state index is 10.5. The van der Waals surface area contributed by atoms with Gasteiger partial charge in [0.05, 0.1) is 12.6 Å². The molecule has 1 saturated heterocycles. The Morgan fingerprint density at radius 2 is 1.59 bits per heavy atom. The summed E-state index contributed by atoms with van der Waals surface area (Å²) in [5.74, 6) is -0.708. The lowest BCUT2D eigenvalue weighted by molar-refractivity contribution is -0.264. The van der Waals surface area contributed by atoms with E-state index in [1.807, 2.05) is 0 Å². The molecule has 0 saturated carbocycles. The van der Waals surface area contributed by atoms with Gasteiger partial charge in [0, 0.05) is 21.1 Å². The zero-order valence-corrected chi connectivity index (χ0v) is 19.0. The summed E-state index contributed by atoms with van der Waals surface area (Å²) in [5, 5.41) is 37.6. The average Bonchev–Trinajstić information content (AvgIpc) is 2.66. The maximum atomic E-state index is 10.5. The largest absolute Gasteiger partial charge is 0.481 e. The predicted molar refractivity (Wildman–Crippen MR) is 113 cm³/mol. The zero-order chi connectivity index (χ0) is 21.9. The van der Waals surface area contributed by atoms with Crippen LogP contribution in [0.3, 0.4) is 0 Å². The van der Waals surface area contributed by atoms with Gasteiger partial charge in [0.15, 0.2) is 6.29 Å². The molecule has 1 heterocycles. The Morgan fingerprint density at radius 1 is 1.00 bits per heavy atom. The third-order valence-corrected chi connectivity index (χ3v) is 9.00. The molecule has 0 spiro atoms. The number of carboxylic acids is 1. The van der Waals surface area contributed by atoms with Crippen LogP contribution in [0.5, 0.6) is 0 Å². The Labute approximate surface area is 175 Å². The van der Waals surface area contributed by atoms with Gasteiger partial charge in [-0.2, -0.15) is 0 Å². The molecule has 1 rings (SSSR count). The molecule has 5 atom stereocenters.